The van der Waals surface area contributed by atoms with E-state index in [1.807, 2.05) is 17.5 Å². The Kier molecular flexibility index (Phi) is 4.47. The highest BCUT2D eigenvalue weighted by molar-refractivity contribution is 7.13. The lowest BCUT2D eigenvalue weighted by molar-refractivity contribution is 0.101. The topological polar surface area (TPSA) is 59.8 Å². The zero-order valence-electron chi connectivity index (χ0n) is 13.8. The van der Waals surface area contributed by atoms with Gasteiger partial charge in [-0.1, -0.05) is 18.2 Å². The zero-order chi connectivity index (χ0) is 18.8. The highest BCUT2D eigenvalue weighted by Crippen LogP contribution is 2.26. The van der Waals surface area contributed by atoms with Gasteiger partial charge in [0.1, 0.15) is 11.6 Å². The molecule has 0 aliphatic rings. The van der Waals surface area contributed by atoms with E-state index in [9.17, 15) is 13.6 Å². The summed E-state index contributed by atoms with van der Waals surface area (Å²) in [7, 11) is 0. The number of para-hydroxylation sites is 1. The van der Waals surface area contributed by atoms with Crippen LogP contribution < -0.4 is 5.32 Å². The lowest BCUT2D eigenvalue weighted by Gasteiger charge is -2.04. The number of halogens is 2. The predicted octanol–water partition coefficient (Wildman–Crippen LogP) is 4.53. The Hall–Kier alpha value is -3.39. The summed E-state index contributed by atoms with van der Waals surface area (Å²) >= 11 is 1.43. The molecule has 0 unspecified atom stereocenters. The molecule has 0 bridgehead atoms. The number of hydrogen-bond acceptors (Lipinski definition) is 4. The van der Waals surface area contributed by atoms with Crippen molar-refractivity contribution in [1.29, 1.82) is 0 Å². The first kappa shape index (κ1) is 17.0. The second-order valence-corrected chi connectivity index (χ2v) is 6.51. The van der Waals surface area contributed by atoms with Crippen molar-refractivity contribution in [2.24, 2.45) is 0 Å². The molecule has 0 fully saturated rings. The number of aromatic nitrogens is 3. The van der Waals surface area contributed by atoms with Gasteiger partial charge in [-0.2, -0.15) is 0 Å². The van der Waals surface area contributed by atoms with Gasteiger partial charge in [-0.05, 0) is 47.8 Å². The standard InChI is InChI=1S/C19H12F2N4OS/c20-12-7-9-13(10-8-12)25-18(16-6-3-11-27-16)23-17(24-25)19(26)22-15-5-2-1-4-14(15)21/h1-11H,(H,22,26). The minimum Gasteiger partial charge on any atom is -0.317 e. The van der Waals surface area contributed by atoms with Crippen molar-refractivity contribution in [3.8, 4) is 16.4 Å². The Bertz CT molecular complexity index is 1090. The average molecular weight is 382 g/mol. The van der Waals surface area contributed by atoms with Crippen LogP contribution in [0.4, 0.5) is 14.5 Å². The largest absolute Gasteiger partial charge is 0.317 e. The third-order valence-electron chi connectivity index (χ3n) is 3.75. The first-order valence-electron chi connectivity index (χ1n) is 7.94. The number of nitrogens with one attached hydrogen (secondary N) is 1. The molecule has 0 aliphatic heterocycles. The van der Waals surface area contributed by atoms with Gasteiger partial charge in [0.15, 0.2) is 5.82 Å². The van der Waals surface area contributed by atoms with Gasteiger partial charge in [0, 0.05) is 0 Å². The average Bonchev–Trinajstić information content (AvgIpc) is 3.33. The van der Waals surface area contributed by atoms with Crippen LogP contribution in [0.15, 0.2) is 66.0 Å². The molecule has 0 aliphatic carbocycles. The number of amides is 1. The molecule has 0 radical (unpaired) electrons. The summed E-state index contributed by atoms with van der Waals surface area (Å²) in [5.74, 6) is -1.25. The molecule has 0 saturated carbocycles. The Morgan fingerprint density at radius 2 is 1.78 bits per heavy atom. The number of nitrogens with zero attached hydrogens (tertiary/aromatic N) is 3. The summed E-state index contributed by atoms with van der Waals surface area (Å²) in [6, 6.07) is 15.2. The molecule has 1 amide bonds. The maximum atomic E-state index is 13.8. The van der Waals surface area contributed by atoms with Gasteiger partial charge in [0.05, 0.1) is 16.3 Å². The maximum absolute atomic E-state index is 13.8. The molecular formula is C19H12F2N4OS. The third-order valence-corrected chi connectivity index (χ3v) is 4.61. The minimum absolute atomic E-state index is 0.0401. The summed E-state index contributed by atoms with van der Waals surface area (Å²) in [6.07, 6.45) is 0. The summed E-state index contributed by atoms with van der Waals surface area (Å²) in [5, 5.41) is 8.58. The highest BCUT2D eigenvalue weighted by atomic mass is 32.1. The SMILES string of the molecule is O=C(Nc1ccccc1F)c1nc(-c2cccs2)n(-c2ccc(F)cc2)n1. The van der Waals surface area contributed by atoms with Crippen molar-refractivity contribution in [3.05, 3.63) is 83.5 Å². The zero-order valence-corrected chi connectivity index (χ0v) is 14.6. The van der Waals surface area contributed by atoms with Gasteiger partial charge in [0.25, 0.3) is 5.91 Å². The van der Waals surface area contributed by atoms with Crippen molar-refractivity contribution < 1.29 is 13.6 Å². The van der Waals surface area contributed by atoms with Crippen LogP contribution in [0.1, 0.15) is 10.6 Å². The van der Waals surface area contributed by atoms with Crippen LogP contribution in [-0.2, 0) is 0 Å². The fourth-order valence-electron chi connectivity index (χ4n) is 2.48. The van der Waals surface area contributed by atoms with Crippen molar-refractivity contribution in [1.82, 2.24) is 14.8 Å². The molecule has 4 rings (SSSR count). The van der Waals surface area contributed by atoms with Gasteiger partial charge >= 0.3 is 0 Å². The number of hydrogen-bond donors (Lipinski definition) is 1. The monoisotopic (exact) mass is 382 g/mol. The first-order chi connectivity index (χ1) is 13.1. The second-order valence-electron chi connectivity index (χ2n) is 5.56. The van der Waals surface area contributed by atoms with Crippen LogP contribution in [0.5, 0.6) is 0 Å². The molecule has 1 N–H and O–H groups in total. The molecule has 0 saturated heterocycles. The second kappa shape index (κ2) is 7.08. The fraction of sp³-hybridized carbons (Fsp3) is 0. The van der Waals surface area contributed by atoms with Crippen molar-refractivity contribution >= 4 is 22.9 Å². The molecule has 27 heavy (non-hydrogen) atoms. The fourth-order valence-corrected chi connectivity index (χ4v) is 3.18. The van der Waals surface area contributed by atoms with Crippen LogP contribution in [0, 0.1) is 11.6 Å². The van der Waals surface area contributed by atoms with Gasteiger partial charge in [-0.25, -0.2) is 18.4 Å². The molecule has 2 aromatic carbocycles. The van der Waals surface area contributed by atoms with E-state index in [0.717, 1.165) is 4.88 Å². The van der Waals surface area contributed by atoms with Crippen LogP contribution in [0.3, 0.4) is 0 Å². The molecule has 8 heteroatoms. The Balaban J connectivity index is 1.74. The Morgan fingerprint density at radius 1 is 1.00 bits per heavy atom. The van der Waals surface area contributed by atoms with Crippen LogP contribution in [0.2, 0.25) is 0 Å². The summed E-state index contributed by atoms with van der Waals surface area (Å²) < 4.78 is 28.5. The van der Waals surface area contributed by atoms with E-state index in [2.05, 4.69) is 15.4 Å². The highest BCUT2D eigenvalue weighted by Gasteiger charge is 2.20. The molecule has 2 heterocycles. The quantitative estimate of drug-likeness (QED) is 0.564. The summed E-state index contributed by atoms with van der Waals surface area (Å²) in [5.41, 5.74) is 0.593. The molecule has 4 aromatic rings. The van der Waals surface area contributed by atoms with E-state index >= 15 is 0 Å². The smallest absolute Gasteiger partial charge is 0.295 e. The molecule has 0 spiro atoms. The molecule has 134 valence electrons. The van der Waals surface area contributed by atoms with E-state index in [1.165, 1.54) is 46.4 Å². The Labute approximate surface area is 156 Å². The van der Waals surface area contributed by atoms with E-state index in [1.54, 1.807) is 18.2 Å². The minimum atomic E-state index is -0.640. The number of rotatable bonds is 4. The molecule has 5 nitrogen and oxygen atoms in total. The number of benzene rings is 2. The molecule has 2 aromatic heterocycles. The van der Waals surface area contributed by atoms with E-state index in [0.29, 0.717) is 11.5 Å². The molecule has 0 atom stereocenters. The number of carbonyl (C=O) groups is 1. The number of anilines is 1. The van der Waals surface area contributed by atoms with Crippen molar-refractivity contribution in [2.45, 2.75) is 0 Å². The van der Waals surface area contributed by atoms with Gasteiger partial charge < -0.3 is 5.32 Å². The van der Waals surface area contributed by atoms with E-state index < -0.39 is 11.7 Å². The maximum Gasteiger partial charge on any atom is 0.295 e. The van der Waals surface area contributed by atoms with E-state index in [-0.39, 0.29) is 17.3 Å². The van der Waals surface area contributed by atoms with Crippen molar-refractivity contribution in [2.75, 3.05) is 5.32 Å². The van der Waals surface area contributed by atoms with Crippen LogP contribution in [-0.4, -0.2) is 20.7 Å². The van der Waals surface area contributed by atoms with Crippen LogP contribution in [0.25, 0.3) is 16.4 Å². The summed E-state index contributed by atoms with van der Waals surface area (Å²) in [4.78, 5) is 17.6. The first-order valence-corrected chi connectivity index (χ1v) is 8.82. The van der Waals surface area contributed by atoms with Crippen molar-refractivity contribution in [3.63, 3.8) is 0 Å². The Morgan fingerprint density at radius 3 is 2.48 bits per heavy atom. The third kappa shape index (κ3) is 3.47. The number of thiophene rings is 1. The molecular weight excluding hydrogens is 370 g/mol. The van der Waals surface area contributed by atoms with Crippen LogP contribution >= 0.6 is 11.3 Å². The normalized spacial score (nSPS) is 10.7. The predicted molar refractivity (Wildman–Crippen MR) is 99.0 cm³/mol. The summed E-state index contributed by atoms with van der Waals surface area (Å²) in [6.45, 7) is 0. The van der Waals surface area contributed by atoms with Gasteiger partial charge in [-0.3, -0.25) is 4.79 Å². The van der Waals surface area contributed by atoms with Gasteiger partial charge in [0.2, 0.25) is 5.82 Å². The van der Waals surface area contributed by atoms with Gasteiger partial charge in [-0.15, -0.1) is 16.4 Å². The lowest BCUT2D eigenvalue weighted by atomic mass is 10.3. The lowest BCUT2D eigenvalue weighted by Crippen LogP contribution is -2.15. The number of carbonyl (C=O) groups excluding carboxylic acids is 1. The van der Waals surface area contributed by atoms with E-state index in [4.69, 9.17) is 0 Å².